The fourth-order valence-corrected chi connectivity index (χ4v) is 3.40. The molecule has 1 atom stereocenters. The molecule has 3 N–H and O–H groups in total. The van der Waals surface area contributed by atoms with Crippen LogP contribution in [0.4, 0.5) is 4.39 Å². The Morgan fingerprint density at radius 3 is 2.69 bits per heavy atom. The summed E-state index contributed by atoms with van der Waals surface area (Å²) in [7, 11) is 0. The maximum absolute atomic E-state index is 13.2. The number of aliphatic imine (C=N–C) groups is 1. The minimum Gasteiger partial charge on any atom is -0.370 e. The molecule has 1 fully saturated rings. The Balaban J connectivity index is 2.09. The highest BCUT2D eigenvalue weighted by Crippen LogP contribution is 2.24. The highest BCUT2D eigenvalue weighted by molar-refractivity contribution is 5.80. The first kappa shape index (κ1) is 20.2. The molecule has 0 radical (unpaired) electrons. The van der Waals surface area contributed by atoms with Gasteiger partial charge in [-0.3, -0.25) is 9.79 Å². The first-order chi connectivity index (χ1) is 12.3. The molecule has 2 rings (SSSR count). The van der Waals surface area contributed by atoms with E-state index in [0.717, 1.165) is 44.0 Å². The topological polar surface area (TPSA) is 70.7 Å². The SMILES string of the molecule is CCNC(=NCC(C)(C)c1ccc(F)cc1)N1CCCC(CC(N)=O)C1. The number of guanidine groups is 1. The lowest BCUT2D eigenvalue weighted by molar-refractivity contribution is -0.119. The van der Waals surface area contributed by atoms with E-state index < -0.39 is 0 Å². The van der Waals surface area contributed by atoms with Crippen LogP contribution in [0.1, 0.15) is 45.6 Å². The zero-order valence-corrected chi connectivity index (χ0v) is 16.1. The van der Waals surface area contributed by atoms with E-state index >= 15 is 0 Å². The molecular weight excluding hydrogens is 331 g/mol. The zero-order valence-electron chi connectivity index (χ0n) is 16.1. The number of nitrogens with zero attached hydrogens (tertiary/aromatic N) is 2. The van der Waals surface area contributed by atoms with Crippen LogP contribution in [-0.2, 0) is 10.2 Å². The van der Waals surface area contributed by atoms with Crippen molar-refractivity contribution in [3.63, 3.8) is 0 Å². The number of carbonyl (C=O) groups excluding carboxylic acids is 1. The number of halogens is 1. The number of piperidine rings is 1. The van der Waals surface area contributed by atoms with E-state index in [0.29, 0.717) is 13.0 Å². The van der Waals surface area contributed by atoms with E-state index in [2.05, 4.69) is 24.1 Å². The van der Waals surface area contributed by atoms with Crippen LogP contribution in [0.15, 0.2) is 29.3 Å². The predicted molar refractivity (Wildman–Crippen MR) is 104 cm³/mol. The minimum absolute atomic E-state index is 0.198. The highest BCUT2D eigenvalue weighted by Gasteiger charge is 2.25. The average molecular weight is 362 g/mol. The summed E-state index contributed by atoms with van der Waals surface area (Å²) in [6.07, 6.45) is 2.49. The molecule has 0 saturated carbocycles. The molecular formula is C20H31FN4O. The first-order valence-electron chi connectivity index (χ1n) is 9.39. The van der Waals surface area contributed by atoms with Gasteiger partial charge in [0, 0.05) is 31.5 Å². The van der Waals surface area contributed by atoms with Crippen molar-refractivity contribution in [1.82, 2.24) is 10.2 Å². The predicted octanol–water partition coefficient (Wildman–Crippen LogP) is 2.66. The Bertz CT molecular complexity index is 627. The van der Waals surface area contributed by atoms with Gasteiger partial charge in [0.1, 0.15) is 5.82 Å². The number of hydrogen-bond donors (Lipinski definition) is 2. The van der Waals surface area contributed by atoms with Crippen LogP contribution in [0.5, 0.6) is 0 Å². The van der Waals surface area contributed by atoms with Crippen LogP contribution in [-0.4, -0.2) is 42.9 Å². The Morgan fingerprint density at radius 2 is 2.08 bits per heavy atom. The van der Waals surface area contributed by atoms with Gasteiger partial charge >= 0.3 is 0 Å². The van der Waals surface area contributed by atoms with E-state index in [-0.39, 0.29) is 23.1 Å². The van der Waals surface area contributed by atoms with Gasteiger partial charge in [-0.15, -0.1) is 0 Å². The standard InChI is InChI=1S/C20H31FN4O/c1-4-23-19(25-11-5-6-15(13-25)12-18(22)26)24-14-20(2,3)16-7-9-17(21)10-8-16/h7-10,15H,4-6,11-14H2,1-3H3,(H2,22,26)(H,23,24). The van der Waals surface area contributed by atoms with Gasteiger partial charge in [0.05, 0.1) is 6.54 Å². The summed E-state index contributed by atoms with van der Waals surface area (Å²) in [5.41, 5.74) is 6.23. The van der Waals surface area contributed by atoms with Crippen molar-refractivity contribution in [2.45, 2.75) is 45.4 Å². The Kier molecular flexibility index (Phi) is 7.00. The first-order valence-corrected chi connectivity index (χ1v) is 9.39. The number of amides is 1. The number of likely N-dealkylation sites (tertiary alicyclic amines) is 1. The van der Waals surface area contributed by atoms with Crippen molar-refractivity contribution in [1.29, 1.82) is 0 Å². The maximum atomic E-state index is 13.2. The summed E-state index contributed by atoms with van der Waals surface area (Å²) in [6.45, 7) is 9.37. The summed E-state index contributed by atoms with van der Waals surface area (Å²) in [5.74, 6) is 0.693. The second kappa shape index (κ2) is 9.01. The Labute approximate surface area is 155 Å². The molecule has 6 heteroatoms. The van der Waals surface area contributed by atoms with Crippen molar-refractivity contribution in [2.75, 3.05) is 26.2 Å². The average Bonchev–Trinajstić information content (AvgIpc) is 2.58. The number of carbonyl (C=O) groups is 1. The number of rotatable bonds is 6. The van der Waals surface area contributed by atoms with Gasteiger partial charge in [-0.2, -0.15) is 0 Å². The summed E-state index contributed by atoms with van der Waals surface area (Å²) < 4.78 is 13.2. The van der Waals surface area contributed by atoms with Crippen LogP contribution < -0.4 is 11.1 Å². The smallest absolute Gasteiger partial charge is 0.217 e. The van der Waals surface area contributed by atoms with Crippen LogP contribution in [0.25, 0.3) is 0 Å². The number of primary amides is 1. The molecule has 0 spiro atoms. The van der Waals surface area contributed by atoms with Gasteiger partial charge in [0.2, 0.25) is 5.91 Å². The molecule has 1 amide bonds. The van der Waals surface area contributed by atoms with Crippen LogP contribution >= 0.6 is 0 Å². The van der Waals surface area contributed by atoms with Crippen molar-refractivity contribution >= 4 is 11.9 Å². The highest BCUT2D eigenvalue weighted by atomic mass is 19.1. The second-order valence-electron chi connectivity index (χ2n) is 7.69. The number of nitrogens with one attached hydrogen (secondary N) is 1. The van der Waals surface area contributed by atoms with Gasteiger partial charge in [-0.25, -0.2) is 4.39 Å². The molecule has 1 aliphatic rings. The fraction of sp³-hybridized carbons (Fsp3) is 0.600. The second-order valence-corrected chi connectivity index (χ2v) is 7.69. The van der Waals surface area contributed by atoms with Crippen molar-refractivity contribution in [3.8, 4) is 0 Å². The molecule has 5 nitrogen and oxygen atoms in total. The number of nitrogens with two attached hydrogens (primary N) is 1. The molecule has 0 aliphatic carbocycles. The molecule has 1 aromatic rings. The van der Waals surface area contributed by atoms with Crippen LogP contribution in [0.2, 0.25) is 0 Å². The molecule has 144 valence electrons. The van der Waals surface area contributed by atoms with Gasteiger partial charge in [0.25, 0.3) is 0 Å². The fourth-order valence-electron chi connectivity index (χ4n) is 3.40. The lowest BCUT2D eigenvalue weighted by atomic mass is 9.85. The zero-order chi connectivity index (χ0) is 19.2. The van der Waals surface area contributed by atoms with E-state index in [4.69, 9.17) is 10.7 Å². The van der Waals surface area contributed by atoms with Gasteiger partial charge < -0.3 is 16.0 Å². The normalized spacial score (nSPS) is 18.7. The summed E-state index contributed by atoms with van der Waals surface area (Å²) >= 11 is 0. The van der Waals surface area contributed by atoms with Gasteiger partial charge in [-0.05, 0) is 43.4 Å². The molecule has 0 aromatic heterocycles. The van der Waals surface area contributed by atoms with Crippen molar-refractivity contribution < 1.29 is 9.18 Å². The van der Waals surface area contributed by atoms with Crippen molar-refractivity contribution in [2.24, 2.45) is 16.6 Å². The third-order valence-corrected chi connectivity index (χ3v) is 4.89. The molecule has 1 saturated heterocycles. The molecule has 26 heavy (non-hydrogen) atoms. The van der Waals surface area contributed by atoms with E-state index in [1.54, 1.807) is 0 Å². The Hall–Kier alpha value is -2.11. The molecule has 1 aliphatic heterocycles. The monoisotopic (exact) mass is 362 g/mol. The molecule has 0 bridgehead atoms. The molecule has 1 unspecified atom stereocenters. The lowest BCUT2D eigenvalue weighted by Crippen LogP contribution is -2.47. The van der Waals surface area contributed by atoms with Gasteiger partial charge in [-0.1, -0.05) is 26.0 Å². The summed E-state index contributed by atoms with van der Waals surface area (Å²) in [6, 6.07) is 6.62. The largest absolute Gasteiger partial charge is 0.370 e. The minimum atomic E-state index is -0.240. The number of benzene rings is 1. The van der Waals surface area contributed by atoms with E-state index in [1.165, 1.54) is 12.1 Å². The van der Waals surface area contributed by atoms with Crippen molar-refractivity contribution in [3.05, 3.63) is 35.6 Å². The third-order valence-electron chi connectivity index (χ3n) is 4.89. The summed E-state index contributed by atoms with van der Waals surface area (Å²) in [4.78, 5) is 18.3. The van der Waals surface area contributed by atoms with Crippen LogP contribution in [0.3, 0.4) is 0 Å². The molecule has 1 heterocycles. The van der Waals surface area contributed by atoms with Gasteiger partial charge in [0.15, 0.2) is 5.96 Å². The third kappa shape index (κ3) is 5.71. The quantitative estimate of drug-likeness (QED) is 0.604. The molecule has 1 aromatic carbocycles. The maximum Gasteiger partial charge on any atom is 0.217 e. The van der Waals surface area contributed by atoms with Crippen LogP contribution in [0, 0.1) is 11.7 Å². The van der Waals surface area contributed by atoms with E-state index in [1.807, 2.05) is 19.1 Å². The lowest BCUT2D eigenvalue weighted by Gasteiger charge is -2.35. The number of hydrogen-bond acceptors (Lipinski definition) is 2. The summed E-state index contributed by atoms with van der Waals surface area (Å²) in [5, 5.41) is 3.36. The Morgan fingerprint density at radius 1 is 1.38 bits per heavy atom. The van der Waals surface area contributed by atoms with E-state index in [9.17, 15) is 9.18 Å².